The molecule has 0 unspecified atom stereocenters. The van der Waals surface area contributed by atoms with Crippen molar-refractivity contribution in [2.45, 2.75) is 26.3 Å². The van der Waals surface area contributed by atoms with Gasteiger partial charge in [-0.05, 0) is 41.8 Å². The van der Waals surface area contributed by atoms with Crippen molar-refractivity contribution in [3.8, 4) is 0 Å². The van der Waals surface area contributed by atoms with E-state index >= 15 is 0 Å². The number of primary amides is 1. The van der Waals surface area contributed by atoms with E-state index in [1.165, 1.54) is 23.8 Å². The second kappa shape index (κ2) is 6.39. The molecule has 1 amide bonds. The standard InChI is InChI=1S/C17H19FN2O/c1-11(2)12-3-6-15(7-4-12)20-10-14-9-13(17(19)21)5-8-16(14)18/h3-9,11,20H,10H2,1-2H3,(H2,19,21). The lowest BCUT2D eigenvalue weighted by Gasteiger charge is -2.10. The Kier molecular flexibility index (Phi) is 4.58. The third kappa shape index (κ3) is 3.81. The van der Waals surface area contributed by atoms with Crippen LogP contribution in [0.4, 0.5) is 10.1 Å². The van der Waals surface area contributed by atoms with Gasteiger partial charge >= 0.3 is 0 Å². The number of hydrogen-bond acceptors (Lipinski definition) is 2. The minimum Gasteiger partial charge on any atom is -0.381 e. The molecular formula is C17H19FN2O. The molecule has 0 aliphatic rings. The van der Waals surface area contributed by atoms with Gasteiger partial charge in [-0.1, -0.05) is 26.0 Å². The van der Waals surface area contributed by atoms with Gasteiger partial charge in [0, 0.05) is 23.4 Å². The first-order chi connectivity index (χ1) is 9.97. The first-order valence-corrected chi connectivity index (χ1v) is 6.89. The van der Waals surface area contributed by atoms with Gasteiger partial charge in [0.1, 0.15) is 5.82 Å². The highest BCUT2D eigenvalue weighted by Crippen LogP contribution is 2.18. The van der Waals surface area contributed by atoms with E-state index in [0.717, 1.165) is 5.69 Å². The highest BCUT2D eigenvalue weighted by molar-refractivity contribution is 5.92. The number of benzene rings is 2. The van der Waals surface area contributed by atoms with Crippen molar-refractivity contribution in [1.29, 1.82) is 0 Å². The Bertz CT molecular complexity index is 636. The SMILES string of the molecule is CC(C)c1ccc(NCc2cc(C(N)=O)ccc2F)cc1. The number of anilines is 1. The zero-order chi connectivity index (χ0) is 15.4. The van der Waals surface area contributed by atoms with Gasteiger partial charge in [0.25, 0.3) is 0 Å². The molecule has 4 heteroatoms. The van der Waals surface area contributed by atoms with Gasteiger partial charge in [0.05, 0.1) is 0 Å². The molecule has 0 radical (unpaired) electrons. The molecule has 0 fully saturated rings. The highest BCUT2D eigenvalue weighted by atomic mass is 19.1. The van der Waals surface area contributed by atoms with E-state index in [0.29, 0.717) is 23.6 Å². The minimum atomic E-state index is -0.558. The maximum absolute atomic E-state index is 13.7. The van der Waals surface area contributed by atoms with Crippen LogP contribution in [0.2, 0.25) is 0 Å². The molecule has 0 aliphatic heterocycles. The summed E-state index contributed by atoms with van der Waals surface area (Å²) in [5.41, 5.74) is 8.09. The Morgan fingerprint density at radius 3 is 2.43 bits per heavy atom. The van der Waals surface area contributed by atoms with Crippen LogP contribution < -0.4 is 11.1 Å². The molecule has 2 aromatic rings. The number of nitrogens with two attached hydrogens (primary N) is 1. The quantitative estimate of drug-likeness (QED) is 0.881. The van der Waals surface area contributed by atoms with Crippen molar-refractivity contribution < 1.29 is 9.18 Å². The fourth-order valence-electron chi connectivity index (χ4n) is 2.05. The molecule has 110 valence electrons. The molecule has 21 heavy (non-hydrogen) atoms. The average Bonchev–Trinajstić information content (AvgIpc) is 2.46. The fourth-order valence-corrected chi connectivity index (χ4v) is 2.05. The summed E-state index contributed by atoms with van der Waals surface area (Å²) < 4.78 is 13.7. The van der Waals surface area contributed by atoms with Gasteiger partial charge < -0.3 is 11.1 Å². The molecule has 0 saturated carbocycles. The average molecular weight is 286 g/mol. The van der Waals surface area contributed by atoms with Crippen molar-refractivity contribution in [3.05, 3.63) is 65.0 Å². The number of rotatable bonds is 5. The monoisotopic (exact) mass is 286 g/mol. The molecule has 0 bridgehead atoms. The Hall–Kier alpha value is -2.36. The van der Waals surface area contributed by atoms with Crippen LogP contribution >= 0.6 is 0 Å². The van der Waals surface area contributed by atoms with Crippen LogP contribution in [0.5, 0.6) is 0 Å². The second-order valence-corrected chi connectivity index (χ2v) is 5.30. The summed E-state index contributed by atoms with van der Waals surface area (Å²) in [5.74, 6) is -0.437. The molecule has 3 nitrogen and oxygen atoms in total. The zero-order valence-corrected chi connectivity index (χ0v) is 12.2. The maximum atomic E-state index is 13.7. The topological polar surface area (TPSA) is 55.1 Å². The number of hydrogen-bond donors (Lipinski definition) is 2. The van der Waals surface area contributed by atoms with E-state index in [9.17, 15) is 9.18 Å². The maximum Gasteiger partial charge on any atom is 0.248 e. The van der Waals surface area contributed by atoms with Crippen molar-refractivity contribution in [3.63, 3.8) is 0 Å². The first kappa shape index (κ1) is 15.0. The van der Waals surface area contributed by atoms with E-state index < -0.39 is 5.91 Å². The Balaban J connectivity index is 2.09. The van der Waals surface area contributed by atoms with E-state index in [2.05, 4.69) is 19.2 Å². The van der Waals surface area contributed by atoms with Gasteiger partial charge in [0.15, 0.2) is 0 Å². The van der Waals surface area contributed by atoms with Crippen LogP contribution in [0.25, 0.3) is 0 Å². The third-order valence-corrected chi connectivity index (χ3v) is 3.39. The molecule has 0 saturated heterocycles. The van der Waals surface area contributed by atoms with Gasteiger partial charge in [-0.2, -0.15) is 0 Å². The molecule has 0 aliphatic carbocycles. The molecular weight excluding hydrogens is 267 g/mol. The molecule has 0 spiro atoms. The highest BCUT2D eigenvalue weighted by Gasteiger charge is 2.07. The lowest BCUT2D eigenvalue weighted by molar-refractivity contribution is 0.1000. The van der Waals surface area contributed by atoms with Crippen LogP contribution in [0.1, 0.15) is 41.3 Å². The largest absolute Gasteiger partial charge is 0.381 e. The van der Waals surface area contributed by atoms with Crippen molar-refractivity contribution in [2.75, 3.05) is 5.32 Å². The first-order valence-electron chi connectivity index (χ1n) is 6.89. The van der Waals surface area contributed by atoms with Crippen molar-refractivity contribution in [1.82, 2.24) is 0 Å². The third-order valence-electron chi connectivity index (χ3n) is 3.39. The Labute approximate surface area is 124 Å². The number of amides is 1. The van der Waals surface area contributed by atoms with Gasteiger partial charge in [-0.3, -0.25) is 4.79 Å². The van der Waals surface area contributed by atoms with Gasteiger partial charge in [0.2, 0.25) is 5.91 Å². The number of nitrogens with one attached hydrogen (secondary N) is 1. The van der Waals surface area contributed by atoms with Crippen LogP contribution in [-0.4, -0.2) is 5.91 Å². The Morgan fingerprint density at radius 1 is 1.19 bits per heavy atom. The molecule has 3 N–H and O–H groups in total. The molecule has 0 heterocycles. The summed E-state index contributed by atoms with van der Waals surface area (Å²) >= 11 is 0. The fraction of sp³-hybridized carbons (Fsp3) is 0.235. The van der Waals surface area contributed by atoms with E-state index in [-0.39, 0.29) is 5.82 Å². The molecule has 0 atom stereocenters. The van der Waals surface area contributed by atoms with Gasteiger partial charge in [-0.15, -0.1) is 0 Å². The lowest BCUT2D eigenvalue weighted by atomic mass is 10.0. The summed E-state index contributed by atoms with van der Waals surface area (Å²) in [6.45, 7) is 4.56. The van der Waals surface area contributed by atoms with E-state index in [1.807, 2.05) is 24.3 Å². The molecule has 2 rings (SSSR count). The van der Waals surface area contributed by atoms with E-state index in [1.54, 1.807) is 0 Å². The minimum absolute atomic E-state index is 0.300. The normalized spacial score (nSPS) is 10.7. The second-order valence-electron chi connectivity index (χ2n) is 5.30. The summed E-state index contributed by atoms with van der Waals surface area (Å²) in [7, 11) is 0. The van der Waals surface area contributed by atoms with Crippen molar-refractivity contribution >= 4 is 11.6 Å². The van der Waals surface area contributed by atoms with Crippen molar-refractivity contribution in [2.24, 2.45) is 5.73 Å². The number of halogens is 1. The van der Waals surface area contributed by atoms with Crippen LogP contribution in [0.15, 0.2) is 42.5 Å². The predicted octanol–water partition coefficient (Wildman–Crippen LogP) is 3.66. The lowest BCUT2D eigenvalue weighted by Crippen LogP contribution is -2.12. The van der Waals surface area contributed by atoms with Gasteiger partial charge in [-0.25, -0.2) is 4.39 Å². The summed E-state index contributed by atoms with van der Waals surface area (Å²) in [5, 5.41) is 3.14. The summed E-state index contributed by atoms with van der Waals surface area (Å²) in [4.78, 5) is 11.1. The smallest absolute Gasteiger partial charge is 0.248 e. The number of carbonyl (C=O) groups excluding carboxylic acids is 1. The summed E-state index contributed by atoms with van der Waals surface area (Å²) in [6, 6.07) is 12.1. The van der Waals surface area contributed by atoms with Crippen LogP contribution in [-0.2, 0) is 6.54 Å². The number of carbonyl (C=O) groups is 1. The predicted molar refractivity (Wildman–Crippen MR) is 82.8 cm³/mol. The Morgan fingerprint density at radius 2 is 1.86 bits per heavy atom. The van der Waals surface area contributed by atoms with Crippen LogP contribution in [0, 0.1) is 5.82 Å². The molecule has 2 aromatic carbocycles. The van der Waals surface area contributed by atoms with E-state index in [4.69, 9.17) is 5.73 Å². The zero-order valence-electron chi connectivity index (χ0n) is 12.2. The molecule has 0 aromatic heterocycles. The van der Waals surface area contributed by atoms with Crippen LogP contribution in [0.3, 0.4) is 0 Å². The summed E-state index contributed by atoms with van der Waals surface area (Å²) in [6.07, 6.45) is 0.